The number of nitrogens with one attached hydrogen (secondary N) is 1. The molecule has 2 heterocycles. The maximum Gasteiger partial charge on any atom is 0.151 e. The topological polar surface area (TPSA) is 54.7 Å². The number of aromatic amines is 1. The van der Waals surface area contributed by atoms with Crippen LogP contribution in [0.5, 0.6) is 0 Å². The van der Waals surface area contributed by atoms with Gasteiger partial charge in [-0.15, -0.1) is 0 Å². The second-order valence-corrected chi connectivity index (χ2v) is 5.90. The van der Waals surface area contributed by atoms with E-state index in [1.807, 2.05) is 61.5 Å². The van der Waals surface area contributed by atoms with Gasteiger partial charge in [-0.25, -0.2) is 9.37 Å². The fourth-order valence-electron chi connectivity index (χ4n) is 2.87. The van der Waals surface area contributed by atoms with Crippen LogP contribution in [0.25, 0.3) is 33.4 Å². The summed E-state index contributed by atoms with van der Waals surface area (Å²) in [6.07, 6.45) is 0. The van der Waals surface area contributed by atoms with E-state index in [0.29, 0.717) is 11.2 Å². The lowest BCUT2D eigenvalue weighted by molar-refractivity contribution is 0.628. The largest absolute Gasteiger partial charge is 0.399 e. The van der Waals surface area contributed by atoms with Crippen molar-refractivity contribution in [3.63, 3.8) is 0 Å². The first-order valence-corrected chi connectivity index (χ1v) is 7.72. The molecular weight excluding hydrogens is 301 g/mol. The van der Waals surface area contributed by atoms with Crippen molar-refractivity contribution < 1.29 is 4.39 Å². The maximum atomic E-state index is 14.4. The molecule has 4 heteroatoms. The predicted octanol–water partition coefficient (Wildman–Crippen LogP) is 4.93. The lowest BCUT2D eigenvalue weighted by Crippen LogP contribution is -1.90. The van der Waals surface area contributed by atoms with E-state index in [1.54, 1.807) is 0 Å². The van der Waals surface area contributed by atoms with Crippen molar-refractivity contribution in [3.8, 4) is 22.4 Å². The average Bonchev–Trinajstić information content (AvgIpc) is 2.94. The van der Waals surface area contributed by atoms with Gasteiger partial charge in [0.25, 0.3) is 0 Å². The lowest BCUT2D eigenvalue weighted by atomic mass is 10.0. The number of fused-ring (bicyclic) bond motifs is 1. The number of nitrogen functional groups attached to an aromatic ring is 1. The zero-order valence-corrected chi connectivity index (χ0v) is 13.2. The number of pyridine rings is 1. The van der Waals surface area contributed by atoms with E-state index in [1.165, 1.54) is 6.07 Å². The van der Waals surface area contributed by atoms with E-state index in [9.17, 15) is 4.39 Å². The Hall–Kier alpha value is -3.14. The molecule has 0 radical (unpaired) electrons. The molecular formula is C20H16FN3. The van der Waals surface area contributed by atoms with Crippen LogP contribution in [0, 0.1) is 12.7 Å². The Bertz CT molecular complexity index is 1020. The Morgan fingerprint density at radius 1 is 0.875 bits per heavy atom. The third-order valence-electron chi connectivity index (χ3n) is 4.09. The predicted molar refractivity (Wildman–Crippen MR) is 96.1 cm³/mol. The monoisotopic (exact) mass is 317 g/mol. The molecule has 4 rings (SSSR count). The molecule has 2 aromatic carbocycles. The van der Waals surface area contributed by atoms with Gasteiger partial charge in [0, 0.05) is 23.0 Å². The minimum absolute atomic E-state index is 0.329. The fraction of sp³-hybridized carbons (Fsp3) is 0.0500. The number of nitrogens with two attached hydrogens (primary N) is 1. The molecule has 3 N–H and O–H groups in total. The highest BCUT2D eigenvalue weighted by molar-refractivity contribution is 5.80. The summed E-state index contributed by atoms with van der Waals surface area (Å²) in [5, 5.41) is 0. The number of rotatable bonds is 2. The van der Waals surface area contributed by atoms with Crippen LogP contribution < -0.4 is 5.73 Å². The second kappa shape index (κ2) is 5.49. The van der Waals surface area contributed by atoms with Crippen molar-refractivity contribution in [2.24, 2.45) is 0 Å². The molecule has 0 saturated heterocycles. The third-order valence-corrected chi connectivity index (χ3v) is 4.09. The van der Waals surface area contributed by atoms with E-state index in [2.05, 4.69) is 9.97 Å². The Morgan fingerprint density at radius 2 is 1.46 bits per heavy atom. The van der Waals surface area contributed by atoms with Gasteiger partial charge in [0.15, 0.2) is 5.82 Å². The van der Waals surface area contributed by atoms with Gasteiger partial charge < -0.3 is 10.7 Å². The van der Waals surface area contributed by atoms with Crippen LogP contribution in [0.15, 0.2) is 60.7 Å². The number of hydrogen-bond acceptors (Lipinski definition) is 2. The van der Waals surface area contributed by atoms with Gasteiger partial charge in [-0.1, -0.05) is 36.4 Å². The number of hydrogen-bond donors (Lipinski definition) is 2. The molecule has 0 aliphatic heterocycles. The number of halogens is 1. The van der Waals surface area contributed by atoms with Crippen LogP contribution in [0.4, 0.5) is 10.1 Å². The van der Waals surface area contributed by atoms with E-state index in [-0.39, 0.29) is 5.82 Å². The van der Waals surface area contributed by atoms with Crippen molar-refractivity contribution in [2.75, 3.05) is 5.73 Å². The van der Waals surface area contributed by atoms with E-state index < -0.39 is 0 Å². The highest BCUT2D eigenvalue weighted by Gasteiger charge is 2.11. The standard InChI is InChI=1S/C20H16FN3/c1-12-10-18-19(23-12)11-17(21)20(24-18)15-4-2-13(3-5-15)14-6-8-16(22)9-7-14/h2-11,23H,22H2,1H3. The number of aryl methyl sites for hydroxylation is 1. The summed E-state index contributed by atoms with van der Waals surface area (Å²) in [6.45, 7) is 1.93. The number of H-pyrrole nitrogens is 1. The Morgan fingerprint density at radius 3 is 2.12 bits per heavy atom. The van der Waals surface area contributed by atoms with Crippen molar-refractivity contribution in [3.05, 3.63) is 72.2 Å². The highest BCUT2D eigenvalue weighted by atomic mass is 19.1. The van der Waals surface area contributed by atoms with Crippen molar-refractivity contribution >= 4 is 16.7 Å². The minimum atomic E-state index is -0.329. The molecule has 0 atom stereocenters. The van der Waals surface area contributed by atoms with Crippen LogP contribution in [-0.2, 0) is 0 Å². The first kappa shape index (κ1) is 14.5. The molecule has 0 spiro atoms. The Balaban J connectivity index is 1.74. The normalized spacial score (nSPS) is 11.1. The summed E-state index contributed by atoms with van der Waals surface area (Å²) in [5.41, 5.74) is 12.1. The average molecular weight is 317 g/mol. The molecule has 0 aliphatic carbocycles. The molecule has 3 nitrogen and oxygen atoms in total. The number of anilines is 1. The summed E-state index contributed by atoms with van der Waals surface area (Å²) in [7, 11) is 0. The van der Waals surface area contributed by atoms with E-state index in [4.69, 9.17) is 5.73 Å². The molecule has 0 unspecified atom stereocenters. The maximum absolute atomic E-state index is 14.4. The van der Waals surface area contributed by atoms with E-state index >= 15 is 0 Å². The van der Waals surface area contributed by atoms with Crippen molar-refractivity contribution in [2.45, 2.75) is 6.92 Å². The smallest absolute Gasteiger partial charge is 0.151 e. The van der Waals surface area contributed by atoms with Gasteiger partial charge in [-0.3, -0.25) is 0 Å². The molecule has 118 valence electrons. The van der Waals surface area contributed by atoms with Gasteiger partial charge in [0.05, 0.1) is 11.0 Å². The quantitative estimate of drug-likeness (QED) is 0.515. The summed E-state index contributed by atoms with van der Waals surface area (Å²) in [4.78, 5) is 7.56. The molecule has 0 saturated carbocycles. The first-order chi connectivity index (χ1) is 11.6. The summed E-state index contributed by atoms with van der Waals surface area (Å²) >= 11 is 0. The third kappa shape index (κ3) is 2.52. The van der Waals surface area contributed by atoms with Crippen LogP contribution >= 0.6 is 0 Å². The molecule has 4 aromatic rings. The minimum Gasteiger partial charge on any atom is -0.399 e. The zero-order chi connectivity index (χ0) is 16.7. The number of aromatic nitrogens is 2. The van der Waals surface area contributed by atoms with E-state index in [0.717, 1.165) is 33.6 Å². The van der Waals surface area contributed by atoms with Crippen molar-refractivity contribution in [1.29, 1.82) is 0 Å². The highest BCUT2D eigenvalue weighted by Crippen LogP contribution is 2.28. The Kier molecular flexibility index (Phi) is 3.31. The molecule has 0 amide bonds. The zero-order valence-electron chi connectivity index (χ0n) is 13.2. The summed E-state index contributed by atoms with van der Waals surface area (Å²) in [6, 6.07) is 18.8. The van der Waals surface area contributed by atoms with Gasteiger partial charge in [-0.2, -0.15) is 0 Å². The summed E-state index contributed by atoms with van der Waals surface area (Å²) in [5.74, 6) is -0.329. The number of benzene rings is 2. The fourth-order valence-corrected chi connectivity index (χ4v) is 2.87. The molecule has 0 bridgehead atoms. The van der Waals surface area contributed by atoms with Gasteiger partial charge >= 0.3 is 0 Å². The SMILES string of the molecule is Cc1cc2nc(-c3ccc(-c4ccc(N)cc4)cc3)c(F)cc2[nH]1. The van der Waals surface area contributed by atoms with Crippen molar-refractivity contribution in [1.82, 2.24) is 9.97 Å². The van der Waals surface area contributed by atoms with Crippen LogP contribution in [-0.4, -0.2) is 9.97 Å². The molecule has 24 heavy (non-hydrogen) atoms. The number of nitrogens with zero attached hydrogens (tertiary/aromatic N) is 1. The van der Waals surface area contributed by atoms with Crippen LogP contribution in [0.3, 0.4) is 0 Å². The first-order valence-electron chi connectivity index (χ1n) is 7.72. The van der Waals surface area contributed by atoms with Crippen LogP contribution in [0.1, 0.15) is 5.69 Å². The van der Waals surface area contributed by atoms with Gasteiger partial charge in [0.1, 0.15) is 5.69 Å². The van der Waals surface area contributed by atoms with Crippen LogP contribution in [0.2, 0.25) is 0 Å². The molecule has 0 fully saturated rings. The Labute approximate surface area is 139 Å². The van der Waals surface area contributed by atoms with Gasteiger partial charge in [-0.05, 0) is 36.2 Å². The lowest BCUT2D eigenvalue weighted by Gasteiger charge is -2.06. The summed E-state index contributed by atoms with van der Waals surface area (Å²) < 4.78 is 14.4. The second-order valence-electron chi connectivity index (χ2n) is 5.90. The van der Waals surface area contributed by atoms with Gasteiger partial charge in [0.2, 0.25) is 0 Å². The molecule has 2 aromatic heterocycles. The molecule has 0 aliphatic rings.